The number of nitrogens with one attached hydrogen (secondary N) is 2. The third-order valence-corrected chi connectivity index (χ3v) is 3.66. The summed E-state index contributed by atoms with van der Waals surface area (Å²) in [6, 6.07) is 16.0. The van der Waals surface area contributed by atoms with E-state index in [4.69, 9.17) is 10.4 Å². The average Bonchev–Trinajstić information content (AvgIpc) is 2.44. The molecule has 2 aromatic rings. The Morgan fingerprint density at radius 1 is 0.684 bits per heavy atom. The van der Waals surface area contributed by atoms with Crippen molar-refractivity contribution in [2.75, 3.05) is 0 Å². The van der Waals surface area contributed by atoms with Crippen molar-refractivity contribution in [1.82, 2.24) is 11.0 Å². The van der Waals surface area contributed by atoms with E-state index in [0.717, 1.165) is 20.9 Å². The Bertz CT molecular complexity index is 452. The van der Waals surface area contributed by atoms with E-state index < -0.39 is 0 Å². The molecule has 19 heavy (non-hydrogen) atoms. The summed E-state index contributed by atoms with van der Waals surface area (Å²) < 4.78 is 0. The van der Waals surface area contributed by atoms with Gasteiger partial charge in [0, 0.05) is 22.9 Å². The molecule has 5 heteroatoms. The molecule has 0 radical (unpaired) electrons. The second kappa shape index (κ2) is 7.28. The van der Waals surface area contributed by atoms with E-state index >= 15 is 0 Å². The topological polar surface area (TPSA) is 64.5 Å². The van der Waals surface area contributed by atoms with Gasteiger partial charge in [0.1, 0.15) is 0 Å². The lowest BCUT2D eigenvalue weighted by Gasteiger charge is -2.05. The number of hydrogen-bond acceptors (Lipinski definition) is 5. The molecule has 4 nitrogen and oxygen atoms in total. The van der Waals surface area contributed by atoms with Gasteiger partial charge < -0.3 is 10.4 Å². The molecule has 0 heterocycles. The standard InChI is InChI=1S/C14H16N2O2S/c17-15-9-11-1-5-13(6-2-11)19-14-7-3-12(4-8-14)10-16-18/h1-8,15-18H,9-10H2. The SMILES string of the molecule is ONCc1ccc(Sc2ccc(CNO)cc2)cc1. The summed E-state index contributed by atoms with van der Waals surface area (Å²) in [5.74, 6) is 0. The monoisotopic (exact) mass is 276 g/mol. The van der Waals surface area contributed by atoms with Crippen LogP contribution in [0.1, 0.15) is 11.1 Å². The van der Waals surface area contributed by atoms with Gasteiger partial charge in [0.2, 0.25) is 0 Å². The van der Waals surface area contributed by atoms with Gasteiger partial charge in [-0.1, -0.05) is 36.0 Å². The summed E-state index contributed by atoms with van der Waals surface area (Å²) in [5, 5.41) is 17.2. The van der Waals surface area contributed by atoms with Gasteiger partial charge in [-0.15, -0.1) is 0 Å². The van der Waals surface area contributed by atoms with Gasteiger partial charge in [-0.25, -0.2) is 11.0 Å². The maximum atomic E-state index is 8.62. The number of hydroxylamine groups is 2. The van der Waals surface area contributed by atoms with Crippen LogP contribution in [-0.4, -0.2) is 10.4 Å². The van der Waals surface area contributed by atoms with Gasteiger partial charge in [0.15, 0.2) is 0 Å². The van der Waals surface area contributed by atoms with E-state index in [1.165, 1.54) is 0 Å². The summed E-state index contributed by atoms with van der Waals surface area (Å²) in [6.07, 6.45) is 0. The Morgan fingerprint density at radius 3 is 1.37 bits per heavy atom. The zero-order valence-corrected chi connectivity index (χ0v) is 11.2. The number of rotatable bonds is 6. The van der Waals surface area contributed by atoms with Gasteiger partial charge in [-0.05, 0) is 35.4 Å². The van der Waals surface area contributed by atoms with E-state index in [2.05, 4.69) is 11.0 Å². The highest BCUT2D eigenvalue weighted by atomic mass is 32.2. The van der Waals surface area contributed by atoms with E-state index in [-0.39, 0.29) is 0 Å². The van der Waals surface area contributed by atoms with Gasteiger partial charge >= 0.3 is 0 Å². The van der Waals surface area contributed by atoms with Crippen molar-refractivity contribution < 1.29 is 10.4 Å². The summed E-state index contributed by atoms with van der Waals surface area (Å²) in [5.41, 5.74) is 6.35. The second-order valence-electron chi connectivity index (χ2n) is 4.06. The molecule has 0 aliphatic rings. The van der Waals surface area contributed by atoms with Gasteiger partial charge in [-0.2, -0.15) is 0 Å². The smallest absolute Gasteiger partial charge is 0.0458 e. The number of hydrogen-bond donors (Lipinski definition) is 4. The van der Waals surface area contributed by atoms with Crippen LogP contribution in [0.5, 0.6) is 0 Å². The molecule has 0 atom stereocenters. The first-order valence-corrected chi connectivity index (χ1v) is 6.73. The molecule has 0 fully saturated rings. The van der Waals surface area contributed by atoms with E-state index in [1.54, 1.807) is 11.8 Å². The molecule has 0 aliphatic carbocycles. The Hall–Kier alpha value is -1.37. The zero-order chi connectivity index (χ0) is 13.5. The fourth-order valence-corrected chi connectivity index (χ4v) is 2.49. The third-order valence-electron chi connectivity index (χ3n) is 2.65. The lowest BCUT2D eigenvalue weighted by atomic mass is 10.2. The Balaban J connectivity index is 1.99. The largest absolute Gasteiger partial charge is 0.316 e. The summed E-state index contributed by atoms with van der Waals surface area (Å²) in [6.45, 7) is 0.904. The molecule has 2 rings (SSSR count). The molecule has 0 aliphatic heterocycles. The van der Waals surface area contributed by atoms with Crippen LogP contribution in [0.2, 0.25) is 0 Å². The van der Waals surface area contributed by atoms with Crippen LogP contribution in [-0.2, 0) is 13.1 Å². The van der Waals surface area contributed by atoms with Crippen molar-refractivity contribution in [2.45, 2.75) is 22.9 Å². The van der Waals surface area contributed by atoms with Gasteiger partial charge in [0.25, 0.3) is 0 Å². The average molecular weight is 276 g/mol. The first kappa shape index (κ1) is 14.0. The molecule has 0 aromatic heterocycles. The lowest BCUT2D eigenvalue weighted by Crippen LogP contribution is -2.05. The quantitative estimate of drug-likeness (QED) is 0.611. The van der Waals surface area contributed by atoms with Crippen molar-refractivity contribution in [2.24, 2.45) is 0 Å². The molecule has 0 spiro atoms. The second-order valence-corrected chi connectivity index (χ2v) is 5.21. The minimum atomic E-state index is 0.452. The van der Waals surface area contributed by atoms with Crippen molar-refractivity contribution >= 4 is 11.8 Å². The highest BCUT2D eigenvalue weighted by Crippen LogP contribution is 2.27. The van der Waals surface area contributed by atoms with Gasteiger partial charge in [-0.3, -0.25) is 0 Å². The van der Waals surface area contributed by atoms with Crippen LogP contribution < -0.4 is 11.0 Å². The molecule has 4 N–H and O–H groups in total. The van der Waals surface area contributed by atoms with Crippen molar-refractivity contribution in [3.63, 3.8) is 0 Å². The van der Waals surface area contributed by atoms with E-state index in [9.17, 15) is 0 Å². The van der Waals surface area contributed by atoms with Crippen LogP contribution in [0.3, 0.4) is 0 Å². The highest BCUT2D eigenvalue weighted by Gasteiger charge is 1.99. The van der Waals surface area contributed by atoms with Gasteiger partial charge in [0.05, 0.1) is 0 Å². The molecule has 0 saturated carbocycles. The lowest BCUT2D eigenvalue weighted by molar-refractivity contribution is 0.161. The van der Waals surface area contributed by atoms with Crippen LogP contribution in [0, 0.1) is 0 Å². The highest BCUT2D eigenvalue weighted by molar-refractivity contribution is 7.99. The summed E-state index contributed by atoms with van der Waals surface area (Å²) in [7, 11) is 0. The molecule has 0 saturated heterocycles. The first-order valence-electron chi connectivity index (χ1n) is 5.91. The van der Waals surface area contributed by atoms with Crippen molar-refractivity contribution in [1.29, 1.82) is 0 Å². The molecule has 0 unspecified atom stereocenters. The van der Waals surface area contributed by atoms with Crippen molar-refractivity contribution in [3.8, 4) is 0 Å². The molecule has 0 bridgehead atoms. The Kier molecular flexibility index (Phi) is 5.38. The minimum absolute atomic E-state index is 0.452. The third kappa shape index (κ3) is 4.34. The number of benzene rings is 2. The fourth-order valence-electron chi connectivity index (χ4n) is 1.67. The molecular formula is C14H16N2O2S. The zero-order valence-electron chi connectivity index (χ0n) is 10.3. The molecular weight excluding hydrogens is 260 g/mol. The van der Waals surface area contributed by atoms with E-state index in [1.807, 2.05) is 48.5 Å². The van der Waals surface area contributed by atoms with Crippen LogP contribution in [0.15, 0.2) is 58.3 Å². The Morgan fingerprint density at radius 2 is 1.05 bits per heavy atom. The molecule has 100 valence electrons. The molecule has 0 amide bonds. The van der Waals surface area contributed by atoms with Crippen LogP contribution in [0.25, 0.3) is 0 Å². The predicted octanol–water partition coefficient (Wildman–Crippen LogP) is 2.80. The maximum absolute atomic E-state index is 8.62. The van der Waals surface area contributed by atoms with Crippen molar-refractivity contribution in [3.05, 3.63) is 59.7 Å². The minimum Gasteiger partial charge on any atom is -0.316 e. The Labute approximate surface area is 116 Å². The predicted molar refractivity (Wildman–Crippen MR) is 74.3 cm³/mol. The van der Waals surface area contributed by atoms with Crippen LogP contribution in [0.4, 0.5) is 0 Å². The maximum Gasteiger partial charge on any atom is 0.0458 e. The normalized spacial score (nSPS) is 10.6. The van der Waals surface area contributed by atoms with Crippen LogP contribution >= 0.6 is 11.8 Å². The molecule has 2 aromatic carbocycles. The fraction of sp³-hybridized carbons (Fsp3) is 0.143. The summed E-state index contributed by atoms with van der Waals surface area (Å²) >= 11 is 1.68. The summed E-state index contributed by atoms with van der Waals surface area (Å²) in [4.78, 5) is 2.30. The first-order chi connectivity index (χ1) is 9.31. The van der Waals surface area contributed by atoms with E-state index in [0.29, 0.717) is 13.1 Å².